The van der Waals surface area contributed by atoms with E-state index in [4.69, 9.17) is 14.6 Å². The van der Waals surface area contributed by atoms with E-state index >= 15 is 0 Å². The Morgan fingerprint density at radius 1 is 0.793 bits per heavy atom. The predicted molar refractivity (Wildman–Crippen MR) is 121 cm³/mol. The van der Waals surface area contributed by atoms with E-state index in [2.05, 4.69) is 36.4 Å². The van der Waals surface area contributed by atoms with Gasteiger partial charge in [0.25, 0.3) is 5.97 Å². The molecule has 0 saturated carbocycles. The summed E-state index contributed by atoms with van der Waals surface area (Å²) < 4.78 is 5.30. The minimum absolute atomic E-state index is 0.271. The van der Waals surface area contributed by atoms with Crippen LogP contribution < -0.4 is 15.9 Å². The molecule has 0 aliphatic carbocycles. The molecule has 0 atom stereocenters. The predicted octanol–water partition coefficient (Wildman–Crippen LogP) is 3.44. The van der Waals surface area contributed by atoms with E-state index in [1.165, 1.54) is 0 Å². The summed E-state index contributed by atoms with van der Waals surface area (Å²) in [5.41, 5.74) is 0. The molecule has 0 unspecified atom stereocenters. The number of rotatable bonds is 5. The lowest BCUT2D eigenvalue weighted by Crippen LogP contribution is -2.29. The minimum Gasteiger partial charge on any atom is -0.481 e. The van der Waals surface area contributed by atoms with Crippen LogP contribution in [0.5, 0.6) is 0 Å². The zero-order valence-electron chi connectivity index (χ0n) is 16.6. The number of hydrogen-bond donors (Lipinski definition) is 1. The standard InChI is InChI=1S/C22H21O2P.C2H4O2/c1-2-24-22(23)18-25(19-12-6-3-7-13-19,20-14-8-4-9-15-20)21-16-10-5-11-17-21;1-2(3)4/h3-18H,2H2,1H3;1H3,(H,3,4). The number of esters is 1. The van der Waals surface area contributed by atoms with Gasteiger partial charge in [0, 0.05) is 12.7 Å². The van der Waals surface area contributed by atoms with Crippen molar-refractivity contribution in [2.75, 3.05) is 6.61 Å². The van der Waals surface area contributed by atoms with E-state index in [1.54, 1.807) is 5.80 Å². The molecule has 3 aromatic carbocycles. The fourth-order valence-electron chi connectivity index (χ4n) is 3.00. The molecule has 1 N–H and O–H groups in total. The fraction of sp³-hybridized carbons (Fsp3) is 0.125. The Bertz CT molecular complexity index is 860. The molecule has 3 aromatic rings. The molecule has 0 aliphatic heterocycles. The first kappa shape index (κ1) is 22.2. The van der Waals surface area contributed by atoms with Gasteiger partial charge < -0.3 is 9.84 Å². The first-order valence-corrected chi connectivity index (χ1v) is 11.1. The zero-order valence-corrected chi connectivity index (χ0v) is 17.5. The highest BCUT2D eigenvalue weighted by atomic mass is 31.2. The van der Waals surface area contributed by atoms with Crippen LogP contribution in [0.1, 0.15) is 13.8 Å². The number of carbonyl (C=O) groups is 2. The number of benzene rings is 3. The number of carboxylic acids is 1. The summed E-state index contributed by atoms with van der Waals surface area (Å²) in [4.78, 5) is 21.5. The molecular formula is C24H25O4P. The van der Waals surface area contributed by atoms with E-state index in [-0.39, 0.29) is 5.97 Å². The molecule has 4 nitrogen and oxygen atoms in total. The van der Waals surface area contributed by atoms with Crippen molar-refractivity contribution in [2.45, 2.75) is 13.8 Å². The first-order valence-electron chi connectivity index (χ1n) is 9.28. The second kappa shape index (κ2) is 11.0. The van der Waals surface area contributed by atoms with Crippen LogP contribution in [0.4, 0.5) is 0 Å². The Morgan fingerprint density at radius 3 is 1.38 bits per heavy atom. The van der Waals surface area contributed by atoms with Gasteiger partial charge in [0.1, 0.15) is 0 Å². The molecular weight excluding hydrogens is 383 g/mol. The van der Waals surface area contributed by atoms with Gasteiger partial charge in [-0.05, 0) is 29.7 Å². The summed E-state index contributed by atoms with van der Waals surface area (Å²) in [7, 11) is 0. The summed E-state index contributed by atoms with van der Waals surface area (Å²) in [6, 6.07) is 30.7. The summed E-state index contributed by atoms with van der Waals surface area (Å²) in [5, 5.41) is 10.8. The Morgan fingerprint density at radius 2 is 1.10 bits per heavy atom. The van der Waals surface area contributed by atoms with E-state index in [0.717, 1.165) is 22.8 Å². The van der Waals surface area contributed by atoms with E-state index in [9.17, 15) is 4.79 Å². The normalized spacial score (nSPS) is 10.3. The molecule has 0 fully saturated rings. The van der Waals surface area contributed by atoms with Crippen LogP contribution in [0.2, 0.25) is 0 Å². The van der Waals surface area contributed by atoms with Crippen molar-refractivity contribution >= 4 is 40.5 Å². The third-order valence-corrected chi connectivity index (χ3v) is 8.01. The van der Waals surface area contributed by atoms with Gasteiger partial charge >= 0.3 is 5.97 Å². The number of aliphatic carboxylic acids is 1. The third kappa shape index (κ3) is 5.94. The van der Waals surface area contributed by atoms with Gasteiger partial charge in [-0.25, -0.2) is 4.79 Å². The van der Waals surface area contributed by atoms with Crippen molar-refractivity contribution in [3.63, 3.8) is 0 Å². The maximum atomic E-state index is 12.5. The fourth-order valence-corrected chi connectivity index (χ4v) is 6.66. The van der Waals surface area contributed by atoms with Crippen molar-refractivity contribution in [1.82, 2.24) is 0 Å². The molecule has 0 radical (unpaired) electrons. The molecule has 0 bridgehead atoms. The molecule has 0 aliphatic rings. The molecule has 0 heterocycles. The SMILES string of the molecule is CC(=O)O.CCOC(=O)C=P(c1ccccc1)(c1ccccc1)c1ccccc1. The minimum atomic E-state index is -2.24. The van der Waals surface area contributed by atoms with E-state index in [1.807, 2.05) is 61.5 Å². The van der Waals surface area contributed by atoms with Gasteiger partial charge in [-0.3, -0.25) is 4.79 Å². The van der Waals surface area contributed by atoms with Gasteiger partial charge in [0.2, 0.25) is 0 Å². The van der Waals surface area contributed by atoms with Gasteiger partial charge in [-0.15, -0.1) is 0 Å². The number of hydrogen-bond acceptors (Lipinski definition) is 3. The van der Waals surface area contributed by atoms with Crippen molar-refractivity contribution in [2.24, 2.45) is 0 Å². The van der Waals surface area contributed by atoms with Gasteiger partial charge in [0.05, 0.1) is 6.61 Å². The Kier molecular flexibility index (Phi) is 8.45. The monoisotopic (exact) mass is 408 g/mol. The smallest absolute Gasteiger partial charge is 0.331 e. The molecule has 29 heavy (non-hydrogen) atoms. The third-order valence-electron chi connectivity index (χ3n) is 4.08. The number of carbonyl (C=O) groups excluding carboxylic acids is 1. The zero-order chi connectivity index (χ0) is 21.1. The van der Waals surface area contributed by atoms with Crippen molar-refractivity contribution < 1.29 is 19.4 Å². The van der Waals surface area contributed by atoms with E-state index < -0.39 is 12.9 Å². The lowest BCUT2D eigenvalue weighted by Gasteiger charge is -2.28. The van der Waals surface area contributed by atoms with Crippen LogP contribution in [0, 0.1) is 0 Å². The number of ether oxygens (including phenoxy) is 1. The van der Waals surface area contributed by atoms with E-state index in [0.29, 0.717) is 6.61 Å². The van der Waals surface area contributed by atoms with Crippen LogP contribution >= 0.6 is 6.89 Å². The summed E-state index contributed by atoms with van der Waals surface area (Å²) in [6.07, 6.45) is 0. The summed E-state index contributed by atoms with van der Waals surface area (Å²) in [6.45, 7) is 1.05. The lowest BCUT2D eigenvalue weighted by atomic mass is 10.4. The first-order chi connectivity index (χ1) is 14.0. The van der Waals surface area contributed by atoms with Crippen LogP contribution in [0.15, 0.2) is 91.0 Å². The molecule has 0 amide bonds. The maximum Gasteiger partial charge on any atom is 0.331 e. The van der Waals surface area contributed by atoms with Gasteiger partial charge in [-0.1, -0.05) is 91.0 Å². The number of carboxylic acid groups (broad SMARTS) is 1. The highest BCUT2D eigenvalue weighted by Gasteiger charge is 2.26. The lowest BCUT2D eigenvalue weighted by molar-refractivity contribution is -0.135. The molecule has 5 heteroatoms. The molecule has 0 saturated heterocycles. The highest BCUT2D eigenvalue weighted by molar-refractivity contribution is 7.95. The quantitative estimate of drug-likeness (QED) is 0.519. The largest absolute Gasteiger partial charge is 0.481 e. The van der Waals surface area contributed by atoms with Gasteiger partial charge in [0.15, 0.2) is 0 Å². The van der Waals surface area contributed by atoms with Crippen molar-refractivity contribution in [3.8, 4) is 0 Å². The van der Waals surface area contributed by atoms with Crippen molar-refractivity contribution in [3.05, 3.63) is 91.0 Å². The van der Waals surface area contributed by atoms with Crippen LogP contribution in [-0.2, 0) is 14.3 Å². The maximum absolute atomic E-state index is 12.5. The van der Waals surface area contributed by atoms with Crippen LogP contribution in [0.3, 0.4) is 0 Å². The Hall–Kier alpha value is -3.10. The highest BCUT2D eigenvalue weighted by Crippen LogP contribution is 2.43. The molecule has 0 spiro atoms. The molecule has 3 rings (SSSR count). The summed E-state index contributed by atoms with van der Waals surface area (Å²) >= 11 is 0. The van der Waals surface area contributed by atoms with Gasteiger partial charge in [-0.2, -0.15) is 0 Å². The average molecular weight is 408 g/mol. The van der Waals surface area contributed by atoms with Crippen LogP contribution in [0.25, 0.3) is 0 Å². The molecule has 150 valence electrons. The Balaban J connectivity index is 0.000000687. The topological polar surface area (TPSA) is 63.6 Å². The average Bonchev–Trinajstić information content (AvgIpc) is 2.74. The summed E-state index contributed by atoms with van der Waals surface area (Å²) in [5.74, 6) is 0.698. The second-order valence-corrected chi connectivity index (χ2v) is 9.38. The second-order valence-electron chi connectivity index (χ2n) is 6.13. The van der Waals surface area contributed by atoms with Crippen LogP contribution in [-0.4, -0.2) is 29.4 Å². The Labute approximate surface area is 171 Å². The molecule has 0 aromatic heterocycles. The van der Waals surface area contributed by atoms with Crippen molar-refractivity contribution in [1.29, 1.82) is 0 Å².